The van der Waals surface area contributed by atoms with Gasteiger partial charge in [-0.2, -0.15) is 11.3 Å². The summed E-state index contributed by atoms with van der Waals surface area (Å²) in [4.78, 5) is 29.3. The largest absolute Gasteiger partial charge is 0.338 e. The van der Waals surface area contributed by atoms with Crippen LogP contribution in [-0.2, 0) is 19.4 Å². The molecule has 180 valence electrons. The Bertz CT molecular complexity index is 1270. The van der Waals surface area contributed by atoms with Crippen molar-refractivity contribution in [1.29, 1.82) is 0 Å². The van der Waals surface area contributed by atoms with E-state index >= 15 is 0 Å². The Morgan fingerprint density at radius 2 is 1.91 bits per heavy atom. The summed E-state index contributed by atoms with van der Waals surface area (Å²) in [6, 6.07) is 13.3. The molecule has 0 saturated carbocycles. The summed E-state index contributed by atoms with van der Waals surface area (Å²) in [5.74, 6) is -1.27. The number of amides is 2. The molecule has 1 aromatic carbocycles. The van der Waals surface area contributed by atoms with Gasteiger partial charge >= 0.3 is 0 Å². The number of hydrogen-bond acceptors (Lipinski definition) is 8. The van der Waals surface area contributed by atoms with Gasteiger partial charge in [0.25, 0.3) is 5.91 Å². The van der Waals surface area contributed by atoms with Crippen LogP contribution < -0.4 is 5.48 Å². The van der Waals surface area contributed by atoms with Crippen molar-refractivity contribution in [2.24, 2.45) is 0 Å². The summed E-state index contributed by atoms with van der Waals surface area (Å²) >= 11 is 4.37. The fourth-order valence-corrected chi connectivity index (χ4v) is 8.78. The number of thiophene rings is 2. The van der Waals surface area contributed by atoms with Crippen molar-refractivity contribution in [2.75, 3.05) is 25.1 Å². The maximum atomic E-state index is 13.7. The first-order chi connectivity index (χ1) is 16.3. The molecule has 0 radical (unpaired) electrons. The number of carbonyl (C=O) groups excluding carboxylic acids is 2. The smallest absolute Gasteiger partial charge is 0.254 e. The maximum absolute atomic E-state index is 13.7. The molecule has 1 aliphatic rings. The van der Waals surface area contributed by atoms with Crippen LogP contribution >= 0.6 is 34.4 Å². The van der Waals surface area contributed by atoms with Crippen molar-refractivity contribution in [2.45, 2.75) is 22.5 Å². The maximum Gasteiger partial charge on any atom is 0.254 e. The van der Waals surface area contributed by atoms with Crippen LogP contribution in [0.3, 0.4) is 0 Å². The molecule has 2 aromatic heterocycles. The zero-order valence-corrected chi connectivity index (χ0v) is 21.7. The van der Waals surface area contributed by atoms with Gasteiger partial charge in [0.05, 0.1) is 17.7 Å². The molecule has 2 amide bonds. The summed E-state index contributed by atoms with van der Waals surface area (Å²) in [6.07, 6.45) is 1.64. The second-order valence-electron chi connectivity index (χ2n) is 7.97. The minimum Gasteiger partial charge on any atom is -0.338 e. The molecule has 1 atom stereocenters. The van der Waals surface area contributed by atoms with Crippen molar-refractivity contribution in [3.05, 3.63) is 63.7 Å². The molecule has 0 bridgehead atoms. The highest BCUT2D eigenvalue weighted by Crippen LogP contribution is 2.45. The second-order valence-corrected chi connectivity index (χ2v) is 13.1. The lowest BCUT2D eigenvalue weighted by Crippen LogP contribution is -2.41. The number of nitrogens with zero attached hydrogens (tertiary/aromatic N) is 1. The molecule has 3 heterocycles. The number of carbonyl (C=O) groups is 2. The molecule has 34 heavy (non-hydrogen) atoms. The third-order valence-corrected chi connectivity index (χ3v) is 11.4. The quantitative estimate of drug-likeness (QED) is 0.277. The Kier molecular flexibility index (Phi) is 7.48. The summed E-state index contributed by atoms with van der Waals surface area (Å²) in [5, 5.41) is 12.7. The molecular weight excluding hydrogens is 513 g/mol. The second kappa shape index (κ2) is 10.2. The van der Waals surface area contributed by atoms with Gasteiger partial charge in [-0.3, -0.25) is 14.8 Å². The fraction of sp³-hybridized carbons (Fsp3) is 0.304. The number of benzene rings is 1. The molecule has 1 fully saturated rings. The summed E-state index contributed by atoms with van der Waals surface area (Å²) < 4.78 is 25.8. The standard InChI is InChI=1S/C23H24N2O5S4/c1-31-18-4-2-16(3-5-18)19-6-7-20(33-19)23(14-21(26)24-28)9-10-25(11-13-34(23,29)30)22(27)17-8-12-32-15-17/h2-8,12,15,28H,9-11,13-14H2,1H3,(H,24,26). The van der Waals surface area contributed by atoms with E-state index in [9.17, 15) is 23.2 Å². The highest BCUT2D eigenvalue weighted by molar-refractivity contribution is 7.98. The number of thioether (sulfide) groups is 1. The predicted molar refractivity (Wildman–Crippen MR) is 136 cm³/mol. The first kappa shape index (κ1) is 24.9. The lowest BCUT2D eigenvalue weighted by Gasteiger charge is -2.30. The van der Waals surface area contributed by atoms with Crippen LogP contribution in [0.25, 0.3) is 10.4 Å². The molecule has 7 nitrogen and oxygen atoms in total. The van der Waals surface area contributed by atoms with Gasteiger partial charge in [0.2, 0.25) is 5.91 Å². The molecule has 0 spiro atoms. The van der Waals surface area contributed by atoms with E-state index < -0.39 is 26.9 Å². The van der Waals surface area contributed by atoms with Crippen LogP contribution in [0.2, 0.25) is 0 Å². The van der Waals surface area contributed by atoms with E-state index in [1.165, 1.54) is 27.6 Å². The normalized spacial score (nSPS) is 20.0. The van der Waals surface area contributed by atoms with E-state index in [1.54, 1.807) is 40.1 Å². The monoisotopic (exact) mass is 536 g/mol. The molecule has 1 saturated heterocycles. The van der Waals surface area contributed by atoms with E-state index in [-0.39, 0.29) is 31.2 Å². The Labute approximate surface area is 210 Å². The van der Waals surface area contributed by atoms with E-state index in [4.69, 9.17) is 0 Å². The number of hydrogen-bond donors (Lipinski definition) is 2. The van der Waals surface area contributed by atoms with Gasteiger partial charge < -0.3 is 4.90 Å². The zero-order valence-electron chi connectivity index (χ0n) is 18.4. The van der Waals surface area contributed by atoms with Crippen molar-refractivity contribution in [1.82, 2.24) is 10.4 Å². The summed E-state index contributed by atoms with van der Waals surface area (Å²) in [7, 11) is -3.85. The molecule has 3 aromatic rings. The van der Waals surface area contributed by atoms with Crippen molar-refractivity contribution < 1.29 is 23.2 Å². The van der Waals surface area contributed by atoms with Gasteiger partial charge in [0.15, 0.2) is 9.84 Å². The van der Waals surface area contributed by atoms with Crippen LogP contribution in [-0.4, -0.2) is 55.4 Å². The van der Waals surface area contributed by atoms with E-state index in [0.29, 0.717) is 10.4 Å². The molecule has 1 aliphatic heterocycles. The highest BCUT2D eigenvalue weighted by Gasteiger charge is 2.49. The third kappa shape index (κ3) is 4.80. The van der Waals surface area contributed by atoms with Crippen LogP contribution in [0.4, 0.5) is 0 Å². The van der Waals surface area contributed by atoms with Crippen LogP contribution in [0.15, 0.2) is 58.1 Å². The number of sulfone groups is 1. The molecular formula is C23H24N2O5S4. The Hall–Kier alpha value is -2.18. The fourth-order valence-electron chi connectivity index (χ4n) is 4.13. The SMILES string of the molecule is CSc1ccc(-c2ccc(C3(CC(=O)NO)CCN(C(=O)c4ccsc4)CCS3(=O)=O)s2)cc1. The third-order valence-electron chi connectivity index (χ3n) is 6.07. The Balaban J connectivity index is 1.72. The van der Waals surface area contributed by atoms with Crippen molar-refractivity contribution in [3.63, 3.8) is 0 Å². The first-order valence-electron chi connectivity index (χ1n) is 10.5. The van der Waals surface area contributed by atoms with Gasteiger partial charge in [-0.15, -0.1) is 23.1 Å². The Morgan fingerprint density at radius 3 is 2.56 bits per heavy atom. The molecule has 0 aliphatic carbocycles. The molecule has 4 rings (SSSR count). The molecule has 1 unspecified atom stereocenters. The van der Waals surface area contributed by atoms with Gasteiger partial charge in [0.1, 0.15) is 4.75 Å². The first-order valence-corrected chi connectivity index (χ1v) is 15.1. The van der Waals surface area contributed by atoms with E-state index in [1.807, 2.05) is 36.6 Å². The molecule has 11 heteroatoms. The van der Waals surface area contributed by atoms with Gasteiger partial charge in [0, 0.05) is 33.1 Å². The van der Waals surface area contributed by atoms with Crippen molar-refractivity contribution >= 4 is 56.1 Å². The van der Waals surface area contributed by atoms with Crippen LogP contribution in [0, 0.1) is 0 Å². The minimum absolute atomic E-state index is 0.0495. The Morgan fingerprint density at radius 1 is 1.15 bits per heavy atom. The lowest BCUT2D eigenvalue weighted by molar-refractivity contribution is -0.129. The minimum atomic E-state index is -3.85. The van der Waals surface area contributed by atoms with Gasteiger partial charge in [-0.25, -0.2) is 13.9 Å². The number of hydroxylamine groups is 1. The summed E-state index contributed by atoms with van der Waals surface area (Å²) in [5.41, 5.74) is 3.07. The average molecular weight is 537 g/mol. The topological polar surface area (TPSA) is 104 Å². The number of rotatable bonds is 6. The van der Waals surface area contributed by atoms with Gasteiger partial charge in [-0.05, 0) is 54.0 Å². The lowest BCUT2D eigenvalue weighted by atomic mass is 9.97. The van der Waals surface area contributed by atoms with Crippen LogP contribution in [0.5, 0.6) is 0 Å². The zero-order chi connectivity index (χ0) is 24.3. The van der Waals surface area contributed by atoms with Crippen molar-refractivity contribution in [3.8, 4) is 10.4 Å². The number of nitrogens with one attached hydrogen (secondary N) is 1. The van der Waals surface area contributed by atoms with Gasteiger partial charge in [-0.1, -0.05) is 12.1 Å². The predicted octanol–water partition coefficient (Wildman–Crippen LogP) is 4.25. The molecule has 2 N–H and O–H groups in total. The van der Waals surface area contributed by atoms with E-state index in [2.05, 4.69) is 0 Å². The van der Waals surface area contributed by atoms with E-state index in [0.717, 1.165) is 15.3 Å². The van der Waals surface area contributed by atoms with Crippen LogP contribution in [0.1, 0.15) is 28.1 Å². The summed E-state index contributed by atoms with van der Waals surface area (Å²) in [6.45, 7) is 0.232. The highest BCUT2D eigenvalue weighted by atomic mass is 32.2. The average Bonchev–Trinajstić information content (AvgIpc) is 3.53.